The molecule has 27 heavy (non-hydrogen) atoms. The molecule has 1 aromatic carbocycles. The molecule has 2 heterocycles. The van der Waals surface area contributed by atoms with Gasteiger partial charge in [-0.2, -0.15) is 5.10 Å². The van der Waals surface area contributed by atoms with Crippen molar-refractivity contribution in [3.05, 3.63) is 53.1 Å². The zero-order valence-corrected chi connectivity index (χ0v) is 15.6. The highest BCUT2D eigenvalue weighted by Crippen LogP contribution is 2.19. The third-order valence-corrected chi connectivity index (χ3v) is 4.58. The number of amides is 1. The van der Waals surface area contributed by atoms with Gasteiger partial charge in [-0.15, -0.1) is 0 Å². The predicted octanol–water partition coefficient (Wildman–Crippen LogP) is 2.95. The van der Waals surface area contributed by atoms with Crippen molar-refractivity contribution in [3.8, 4) is 5.75 Å². The van der Waals surface area contributed by atoms with Gasteiger partial charge in [0.1, 0.15) is 11.6 Å². The number of ether oxygens (including phenoxy) is 2. The van der Waals surface area contributed by atoms with E-state index in [1.54, 1.807) is 12.3 Å². The van der Waals surface area contributed by atoms with Crippen LogP contribution in [0.3, 0.4) is 0 Å². The largest absolute Gasteiger partial charge is 0.484 e. The van der Waals surface area contributed by atoms with Crippen molar-refractivity contribution in [1.82, 2.24) is 9.99 Å². The number of hydrazone groups is 1. The van der Waals surface area contributed by atoms with Crippen LogP contribution in [0, 0.1) is 19.7 Å². The van der Waals surface area contributed by atoms with E-state index in [2.05, 4.69) is 15.1 Å². The fraction of sp³-hybridized carbons (Fsp3) is 0.400. The molecule has 1 aromatic heterocycles. The first-order valence-corrected chi connectivity index (χ1v) is 9.01. The van der Waals surface area contributed by atoms with Crippen LogP contribution >= 0.6 is 0 Å². The van der Waals surface area contributed by atoms with Gasteiger partial charge in [-0.1, -0.05) is 6.07 Å². The van der Waals surface area contributed by atoms with E-state index in [1.165, 1.54) is 18.2 Å². The van der Waals surface area contributed by atoms with E-state index >= 15 is 0 Å². The van der Waals surface area contributed by atoms with Crippen LogP contribution in [0.4, 0.5) is 4.39 Å². The topological polar surface area (TPSA) is 64.8 Å². The minimum absolute atomic E-state index is 0.237. The second kappa shape index (κ2) is 8.81. The van der Waals surface area contributed by atoms with Gasteiger partial charge in [0.25, 0.3) is 5.91 Å². The summed E-state index contributed by atoms with van der Waals surface area (Å²) in [5, 5.41) is 4.00. The number of rotatable bonds is 7. The van der Waals surface area contributed by atoms with Gasteiger partial charge < -0.3 is 14.0 Å². The second-order valence-electron chi connectivity index (χ2n) is 6.61. The SMILES string of the molecule is Cc1cc(/C=N\NC(=O)COc2cccc(F)c2)c(C)n1C[C@@H]1CCCO1. The molecule has 144 valence electrons. The van der Waals surface area contributed by atoms with Crippen LogP contribution in [0.2, 0.25) is 0 Å². The van der Waals surface area contributed by atoms with Crippen molar-refractivity contribution in [2.45, 2.75) is 39.3 Å². The highest BCUT2D eigenvalue weighted by Gasteiger charge is 2.18. The number of halogens is 1. The van der Waals surface area contributed by atoms with Gasteiger partial charge in [0.15, 0.2) is 6.61 Å². The summed E-state index contributed by atoms with van der Waals surface area (Å²) in [5.41, 5.74) is 5.57. The average Bonchev–Trinajstić information content (AvgIpc) is 3.24. The Labute approximate surface area is 158 Å². The van der Waals surface area contributed by atoms with Gasteiger partial charge in [0, 0.05) is 36.2 Å². The maximum Gasteiger partial charge on any atom is 0.277 e. The Morgan fingerprint density at radius 1 is 1.44 bits per heavy atom. The van der Waals surface area contributed by atoms with E-state index in [9.17, 15) is 9.18 Å². The van der Waals surface area contributed by atoms with Gasteiger partial charge in [0.05, 0.1) is 12.3 Å². The Kier molecular flexibility index (Phi) is 6.24. The normalized spacial score (nSPS) is 16.8. The van der Waals surface area contributed by atoms with Crippen molar-refractivity contribution >= 4 is 12.1 Å². The Morgan fingerprint density at radius 3 is 3.04 bits per heavy atom. The monoisotopic (exact) mass is 373 g/mol. The molecule has 1 atom stereocenters. The first-order valence-electron chi connectivity index (χ1n) is 9.01. The summed E-state index contributed by atoms with van der Waals surface area (Å²) in [5.74, 6) is -0.528. The molecule has 0 aliphatic carbocycles. The third kappa shape index (κ3) is 5.17. The van der Waals surface area contributed by atoms with Gasteiger partial charge in [-0.3, -0.25) is 4.79 Å². The van der Waals surface area contributed by atoms with Crippen LogP contribution in [-0.4, -0.2) is 36.0 Å². The Bertz CT molecular complexity index is 826. The molecule has 1 fully saturated rings. The minimum Gasteiger partial charge on any atom is -0.484 e. The van der Waals surface area contributed by atoms with Crippen molar-refractivity contribution in [3.63, 3.8) is 0 Å². The lowest BCUT2D eigenvalue weighted by Gasteiger charge is -2.14. The number of aryl methyl sites for hydroxylation is 1. The average molecular weight is 373 g/mol. The fourth-order valence-electron chi connectivity index (χ4n) is 3.14. The quantitative estimate of drug-likeness (QED) is 0.599. The Hall–Kier alpha value is -2.67. The number of carbonyl (C=O) groups excluding carboxylic acids is 1. The molecule has 7 heteroatoms. The summed E-state index contributed by atoms with van der Waals surface area (Å²) in [4.78, 5) is 11.8. The lowest BCUT2D eigenvalue weighted by atomic mass is 10.2. The summed E-state index contributed by atoms with van der Waals surface area (Å²) >= 11 is 0. The molecule has 0 saturated carbocycles. The van der Waals surface area contributed by atoms with E-state index < -0.39 is 11.7 Å². The van der Waals surface area contributed by atoms with Crippen molar-refractivity contribution in [1.29, 1.82) is 0 Å². The van der Waals surface area contributed by atoms with Crippen LogP contribution in [0.15, 0.2) is 35.4 Å². The highest BCUT2D eigenvalue weighted by molar-refractivity contribution is 5.84. The second-order valence-corrected chi connectivity index (χ2v) is 6.61. The molecule has 1 aliphatic rings. The number of benzene rings is 1. The smallest absolute Gasteiger partial charge is 0.277 e. The van der Waals surface area contributed by atoms with E-state index in [1.807, 2.05) is 19.9 Å². The number of hydrogen-bond donors (Lipinski definition) is 1. The van der Waals surface area contributed by atoms with E-state index in [4.69, 9.17) is 9.47 Å². The molecule has 3 rings (SSSR count). The van der Waals surface area contributed by atoms with Crippen LogP contribution in [0.5, 0.6) is 5.75 Å². The summed E-state index contributed by atoms with van der Waals surface area (Å²) in [6, 6.07) is 7.67. The standard InChI is InChI=1S/C20H24FN3O3/c1-14-9-16(15(2)24(14)12-19-7-4-8-26-19)11-22-23-20(25)13-27-18-6-3-5-17(21)10-18/h3,5-6,9-11,19H,4,7-8,12-13H2,1-2H3,(H,23,25)/b22-11-/t19-/m0/s1. The molecular weight excluding hydrogens is 349 g/mol. The molecule has 0 unspecified atom stereocenters. The van der Waals surface area contributed by atoms with Crippen LogP contribution in [-0.2, 0) is 16.1 Å². The van der Waals surface area contributed by atoms with Crippen LogP contribution in [0.25, 0.3) is 0 Å². The van der Waals surface area contributed by atoms with E-state index in [-0.39, 0.29) is 12.7 Å². The lowest BCUT2D eigenvalue weighted by Crippen LogP contribution is -2.24. The summed E-state index contributed by atoms with van der Waals surface area (Å²) in [6.07, 6.45) is 4.08. The number of nitrogens with zero attached hydrogens (tertiary/aromatic N) is 2. The first-order chi connectivity index (χ1) is 13.0. The molecule has 6 nitrogen and oxygen atoms in total. The summed E-state index contributed by atoms with van der Waals surface area (Å²) < 4.78 is 26.2. The first kappa shape index (κ1) is 19.1. The molecule has 1 N–H and O–H groups in total. The maximum atomic E-state index is 13.1. The number of aromatic nitrogens is 1. The molecule has 0 bridgehead atoms. The highest BCUT2D eigenvalue weighted by atomic mass is 19.1. The fourth-order valence-corrected chi connectivity index (χ4v) is 3.14. The zero-order valence-electron chi connectivity index (χ0n) is 15.6. The summed E-state index contributed by atoms with van der Waals surface area (Å²) in [6.45, 7) is 5.50. The van der Waals surface area contributed by atoms with Gasteiger partial charge >= 0.3 is 0 Å². The van der Waals surface area contributed by atoms with E-state index in [0.29, 0.717) is 5.75 Å². The number of hydrogen-bond acceptors (Lipinski definition) is 4. The van der Waals surface area contributed by atoms with Crippen LogP contribution < -0.4 is 10.2 Å². The lowest BCUT2D eigenvalue weighted by molar-refractivity contribution is -0.123. The van der Waals surface area contributed by atoms with Crippen molar-refractivity contribution < 1.29 is 18.7 Å². The molecule has 0 radical (unpaired) electrons. The number of carbonyl (C=O) groups is 1. The van der Waals surface area contributed by atoms with Crippen molar-refractivity contribution in [2.24, 2.45) is 5.10 Å². The molecule has 1 aliphatic heterocycles. The van der Waals surface area contributed by atoms with Crippen LogP contribution in [0.1, 0.15) is 29.8 Å². The van der Waals surface area contributed by atoms with Gasteiger partial charge in [0.2, 0.25) is 0 Å². The number of nitrogens with one attached hydrogen (secondary N) is 1. The molecule has 1 amide bonds. The summed E-state index contributed by atoms with van der Waals surface area (Å²) in [7, 11) is 0. The molecule has 1 saturated heterocycles. The molecule has 2 aromatic rings. The Morgan fingerprint density at radius 2 is 2.30 bits per heavy atom. The van der Waals surface area contributed by atoms with Gasteiger partial charge in [-0.05, 0) is 44.9 Å². The van der Waals surface area contributed by atoms with Gasteiger partial charge in [-0.25, -0.2) is 9.82 Å². The minimum atomic E-state index is -0.413. The van der Waals surface area contributed by atoms with E-state index in [0.717, 1.165) is 42.9 Å². The zero-order chi connectivity index (χ0) is 19.2. The van der Waals surface area contributed by atoms with Crippen molar-refractivity contribution in [2.75, 3.05) is 13.2 Å². The third-order valence-electron chi connectivity index (χ3n) is 4.58. The predicted molar refractivity (Wildman–Crippen MR) is 101 cm³/mol. The molecular formula is C20H24FN3O3. The molecule has 0 spiro atoms. The maximum absolute atomic E-state index is 13.1. The Balaban J connectivity index is 1.52.